The van der Waals surface area contributed by atoms with Gasteiger partial charge in [-0.3, -0.25) is 0 Å². The van der Waals surface area contributed by atoms with Crippen molar-refractivity contribution in [1.82, 2.24) is 5.32 Å². The number of fused-ring (bicyclic) bond motifs is 2. The molecule has 82 valence electrons. The van der Waals surface area contributed by atoms with Crippen molar-refractivity contribution in [1.29, 1.82) is 0 Å². The van der Waals surface area contributed by atoms with E-state index in [0.717, 1.165) is 6.54 Å². The average molecular weight is 211 g/mol. The molecule has 1 nitrogen and oxygen atoms in total. The smallest absolute Gasteiger partial charge is 0.0148 e. The third-order valence-corrected chi connectivity index (χ3v) is 3.49. The fourth-order valence-corrected chi connectivity index (χ4v) is 2.75. The molecule has 0 saturated carbocycles. The van der Waals surface area contributed by atoms with Gasteiger partial charge in [-0.2, -0.15) is 0 Å². The standard InChI is InChI=1S/C15H17N/c1-2-16-15-9-13-7-11-5-3-4-6-12(11)8-14(13)10-15/h3-8,15-16H,2,9-10H2,1H3. The van der Waals surface area contributed by atoms with E-state index < -0.39 is 0 Å². The number of hydrogen-bond acceptors (Lipinski definition) is 1. The van der Waals surface area contributed by atoms with Crippen molar-refractivity contribution in [2.75, 3.05) is 6.54 Å². The Hall–Kier alpha value is -1.34. The first kappa shape index (κ1) is 9.86. The Labute approximate surface area is 96.5 Å². The molecule has 1 aliphatic carbocycles. The molecule has 0 radical (unpaired) electrons. The summed E-state index contributed by atoms with van der Waals surface area (Å²) in [5.74, 6) is 0. The molecule has 0 bridgehead atoms. The lowest BCUT2D eigenvalue weighted by Gasteiger charge is -2.08. The zero-order valence-electron chi connectivity index (χ0n) is 9.66. The summed E-state index contributed by atoms with van der Waals surface area (Å²) in [6.45, 7) is 3.25. The van der Waals surface area contributed by atoms with E-state index in [9.17, 15) is 0 Å². The summed E-state index contributed by atoms with van der Waals surface area (Å²) in [7, 11) is 0. The minimum absolute atomic E-state index is 0.650. The van der Waals surface area contributed by atoms with E-state index >= 15 is 0 Å². The Morgan fingerprint density at radius 3 is 2.12 bits per heavy atom. The number of likely N-dealkylation sites (N-methyl/N-ethyl adjacent to an activating group) is 1. The van der Waals surface area contributed by atoms with E-state index in [1.165, 1.54) is 34.7 Å². The molecule has 0 aliphatic heterocycles. The number of nitrogens with one attached hydrogen (secondary N) is 1. The molecule has 1 heteroatoms. The minimum Gasteiger partial charge on any atom is -0.314 e. The summed E-state index contributed by atoms with van der Waals surface area (Å²) >= 11 is 0. The fraction of sp³-hybridized carbons (Fsp3) is 0.333. The molecule has 0 saturated heterocycles. The van der Waals surface area contributed by atoms with Crippen molar-refractivity contribution in [3.8, 4) is 0 Å². The Bertz CT molecular complexity index is 471. The second-order valence-electron chi connectivity index (χ2n) is 4.63. The zero-order valence-corrected chi connectivity index (χ0v) is 9.66. The molecule has 3 rings (SSSR count). The van der Waals surface area contributed by atoms with Gasteiger partial charge in [0, 0.05) is 6.04 Å². The van der Waals surface area contributed by atoms with E-state index in [2.05, 4.69) is 48.6 Å². The monoisotopic (exact) mass is 211 g/mol. The lowest BCUT2D eigenvalue weighted by Crippen LogP contribution is -2.28. The van der Waals surface area contributed by atoms with E-state index in [1.807, 2.05) is 0 Å². The van der Waals surface area contributed by atoms with Crippen LogP contribution in [0, 0.1) is 0 Å². The molecule has 0 amide bonds. The molecule has 0 unspecified atom stereocenters. The van der Waals surface area contributed by atoms with Crippen LogP contribution in [0.25, 0.3) is 10.8 Å². The van der Waals surface area contributed by atoms with Gasteiger partial charge in [0.1, 0.15) is 0 Å². The Morgan fingerprint density at radius 1 is 1.06 bits per heavy atom. The quantitative estimate of drug-likeness (QED) is 0.805. The van der Waals surface area contributed by atoms with Gasteiger partial charge in [-0.25, -0.2) is 0 Å². The largest absolute Gasteiger partial charge is 0.314 e. The maximum Gasteiger partial charge on any atom is 0.0148 e. The topological polar surface area (TPSA) is 12.0 Å². The van der Waals surface area contributed by atoms with Crippen LogP contribution in [-0.2, 0) is 12.8 Å². The van der Waals surface area contributed by atoms with Crippen LogP contribution < -0.4 is 5.32 Å². The van der Waals surface area contributed by atoms with Crippen molar-refractivity contribution in [3.63, 3.8) is 0 Å². The Kier molecular flexibility index (Phi) is 2.41. The molecule has 16 heavy (non-hydrogen) atoms. The highest BCUT2D eigenvalue weighted by molar-refractivity contribution is 5.84. The minimum atomic E-state index is 0.650. The summed E-state index contributed by atoms with van der Waals surface area (Å²) in [6, 6.07) is 14.0. The van der Waals surface area contributed by atoms with Gasteiger partial charge in [0.25, 0.3) is 0 Å². The molecule has 0 aromatic heterocycles. The molecule has 0 heterocycles. The first-order chi connectivity index (χ1) is 7.86. The first-order valence-electron chi connectivity index (χ1n) is 6.10. The molecule has 0 fully saturated rings. The molecular weight excluding hydrogens is 194 g/mol. The van der Waals surface area contributed by atoms with Gasteiger partial charge in [0.15, 0.2) is 0 Å². The van der Waals surface area contributed by atoms with Gasteiger partial charge >= 0.3 is 0 Å². The van der Waals surface area contributed by atoms with Crippen LogP contribution in [0.5, 0.6) is 0 Å². The average Bonchev–Trinajstić information content (AvgIpc) is 2.67. The van der Waals surface area contributed by atoms with E-state index in [1.54, 1.807) is 0 Å². The number of hydrogen-bond donors (Lipinski definition) is 1. The van der Waals surface area contributed by atoms with Crippen molar-refractivity contribution < 1.29 is 0 Å². The zero-order chi connectivity index (χ0) is 11.0. The van der Waals surface area contributed by atoms with Gasteiger partial charge < -0.3 is 5.32 Å². The molecule has 1 N–H and O–H groups in total. The number of benzene rings is 2. The summed E-state index contributed by atoms with van der Waals surface area (Å²) < 4.78 is 0. The summed E-state index contributed by atoms with van der Waals surface area (Å²) in [4.78, 5) is 0. The fourth-order valence-electron chi connectivity index (χ4n) is 2.75. The van der Waals surface area contributed by atoms with Crippen molar-refractivity contribution >= 4 is 10.8 Å². The van der Waals surface area contributed by atoms with Crippen molar-refractivity contribution in [2.24, 2.45) is 0 Å². The summed E-state index contributed by atoms with van der Waals surface area (Å²) in [6.07, 6.45) is 2.38. The van der Waals surface area contributed by atoms with E-state index in [4.69, 9.17) is 0 Å². The van der Waals surface area contributed by atoms with E-state index in [0.29, 0.717) is 6.04 Å². The van der Waals surface area contributed by atoms with Crippen LogP contribution in [0.15, 0.2) is 36.4 Å². The predicted molar refractivity (Wildman–Crippen MR) is 68.8 cm³/mol. The lowest BCUT2D eigenvalue weighted by atomic mass is 10.0. The highest BCUT2D eigenvalue weighted by Gasteiger charge is 2.20. The van der Waals surface area contributed by atoms with E-state index in [-0.39, 0.29) is 0 Å². The third-order valence-electron chi connectivity index (χ3n) is 3.49. The SMILES string of the molecule is CCNC1Cc2cc3ccccc3cc2C1. The van der Waals surface area contributed by atoms with Crippen LogP contribution >= 0.6 is 0 Å². The molecule has 0 atom stereocenters. The lowest BCUT2D eigenvalue weighted by molar-refractivity contribution is 0.552. The normalized spacial score (nSPS) is 15.6. The molecule has 2 aromatic carbocycles. The van der Waals surface area contributed by atoms with Crippen LogP contribution in [0.4, 0.5) is 0 Å². The summed E-state index contributed by atoms with van der Waals surface area (Å²) in [5, 5.41) is 6.29. The third kappa shape index (κ3) is 1.61. The highest BCUT2D eigenvalue weighted by Crippen LogP contribution is 2.27. The molecular formula is C15H17N. The molecule has 1 aliphatic rings. The maximum atomic E-state index is 3.55. The Morgan fingerprint density at radius 2 is 1.62 bits per heavy atom. The van der Waals surface area contributed by atoms with Crippen molar-refractivity contribution in [2.45, 2.75) is 25.8 Å². The highest BCUT2D eigenvalue weighted by atomic mass is 14.9. The van der Waals surface area contributed by atoms with Gasteiger partial charge in [0.05, 0.1) is 0 Å². The second-order valence-corrected chi connectivity index (χ2v) is 4.63. The Balaban J connectivity index is 2.01. The van der Waals surface area contributed by atoms with Crippen LogP contribution in [0.2, 0.25) is 0 Å². The van der Waals surface area contributed by atoms with Gasteiger partial charge in [0.2, 0.25) is 0 Å². The second kappa shape index (κ2) is 3.91. The first-order valence-corrected chi connectivity index (χ1v) is 6.10. The van der Waals surface area contributed by atoms with Crippen LogP contribution in [-0.4, -0.2) is 12.6 Å². The maximum absolute atomic E-state index is 3.55. The van der Waals surface area contributed by atoms with Crippen LogP contribution in [0.3, 0.4) is 0 Å². The molecule has 2 aromatic rings. The van der Waals surface area contributed by atoms with Crippen LogP contribution in [0.1, 0.15) is 18.1 Å². The summed E-state index contributed by atoms with van der Waals surface area (Å²) in [5.41, 5.74) is 3.06. The van der Waals surface area contributed by atoms with Gasteiger partial charge in [-0.05, 0) is 41.3 Å². The number of rotatable bonds is 2. The predicted octanol–water partition coefficient (Wildman–Crippen LogP) is 2.92. The molecule has 0 spiro atoms. The van der Waals surface area contributed by atoms with Crippen molar-refractivity contribution in [3.05, 3.63) is 47.5 Å². The van der Waals surface area contributed by atoms with Gasteiger partial charge in [-0.15, -0.1) is 0 Å². The van der Waals surface area contributed by atoms with Gasteiger partial charge in [-0.1, -0.05) is 43.3 Å².